The average Bonchev–Trinajstić information content (AvgIpc) is 2.47. The average molecular weight is 322 g/mol. The van der Waals surface area contributed by atoms with Crippen molar-refractivity contribution in [1.29, 1.82) is 0 Å². The molecule has 1 aliphatic rings. The summed E-state index contributed by atoms with van der Waals surface area (Å²) in [6, 6.07) is 4.37. The molecule has 0 spiro atoms. The van der Waals surface area contributed by atoms with Crippen LogP contribution in [0, 0.1) is 0 Å². The standard InChI is InChI=1S/C17H26N2O2S/c1-17(2,3)21-16(20)19-11-5-4-6-15(19)13-22-12-14-7-9-18-10-8-14/h7-10,15H,4-6,11-13H2,1-3H3. The van der Waals surface area contributed by atoms with Gasteiger partial charge in [0.2, 0.25) is 0 Å². The van der Waals surface area contributed by atoms with E-state index in [4.69, 9.17) is 4.74 Å². The largest absolute Gasteiger partial charge is 0.444 e. The van der Waals surface area contributed by atoms with Crippen molar-refractivity contribution in [1.82, 2.24) is 9.88 Å². The molecule has 1 fully saturated rings. The fourth-order valence-electron chi connectivity index (χ4n) is 2.53. The summed E-state index contributed by atoms with van der Waals surface area (Å²) in [6.07, 6.45) is 6.82. The number of likely N-dealkylation sites (tertiary alicyclic amines) is 1. The van der Waals surface area contributed by atoms with Crippen LogP contribution in [0.4, 0.5) is 4.79 Å². The van der Waals surface area contributed by atoms with Gasteiger partial charge in [0, 0.05) is 36.5 Å². The second-order valence-electron chi connectivity index (χ2n) is 6.69. The van der Waals surface area contributed by atoms with Crippen LogP contribution in [0.1, 0.15) is 45.6 Å². The first kappa shape index (κ1) is 17.1. The van der Waals surface area contributed by atoms with Gasteiger partial charge in [0.15, 0.2) is 0 Å². The predicted molar refractivity (Wildman–Crippen MR) is 91.0 cm³/mol. The molecule has 22 heavy (non-hydrogen) atoms. The zero-order chi connectivity index (χ0) is 16.0. The van der Waals surface area contributed by atoms with E-state index in [9.17, 15) is 4.79 Å². The summed E-state index contributed by atoms with van der Waals surface area (Å²) in [7, 11) is 0. The summed E-state index contributed by atoms with van der Waals surface area (Å²) in [5.41, 5.74) is 0.850. The fraction of sp³-hybridized carbons (Fsp3) is 0.647. The highest BCUT2D eigenvalue weighted by atomic mass is 32.2. The molecule has 0 aromatic carbocycles. The summed E-state index contributed by atoms with van der Waals surface area (Å²) in [5, 5.41) is 0. The van der Waals surface area contributed by atoms with Gasteiger partial charge in [0.05, 0.1) is 0 Å². The minimum atomic E-state index is -0.427. The molecule has 0 radical (unpaired) electrons. The Bertz CT molecular complexity index is 473. The Hall–Kier alpha value is -1.23. The second kappa shape index (κ2) is 7.86. The number of ether oxygens (including phenoxy) is 1. The van der Waals surface area contributed by atoms with Gasteiger partial charge in [-0.05, 0) is 57.7 Å². The molecular formula is C17H26N2O2S. The zero-order valence-corrected chi connectivity index (χ0v) is 14.6. The molecule has 1 amide bonds. The lowest BCUT2D eigenvalue weighted by Gasteiger charge is -2.36. The van der Waals surface area contributed by atoms with Gasteiger partial charge in [-0.3, -0.25) is 4.98 Å². The number of carbonyl (C=O) groups is 1. The normalized spacial score (nSPS) is 19.0. The van der Waals surface area contributed by atoms with Crippen LogP contribution in [0.5, 0.6) is 0 Å². The first-order chi connectivity index (χ1) is 10.5. The molecule has 122 valence electrons. The van der Waals surface area contributed by atoms with E-state index in [1.807, 2.05) is 62.0 Å². The van der Waals surface area contributed by atoms with Crippen molar-refractivity contribution >= 4 is 17.9 Å². The molecule has 0 aliphatic carbocycles. The molecule has 1 unspecified atom stereocenters. The van der Waals surface area contributed by atoms with Crippen molar-refractivity contribution in [3.05, 3.63) is 30.1 Å². The monoisotopic (exact) mass is 322 g/mol. The highest BCUT2D eigenvalue weighted by Gasteiger charge is 2.30. The number of hydrogen-bond acceptors (Lipinski definition) is 4. The molecule has 2 rings (SSSR count). The van der Waals surface area contributed by atoms with Crippen molar-refractivity contribution in [3.63, 3.8) is 0 Å². The van der Waals surface area contributed by atoms with Crippen LogP contribution in [0.25, 0.3) is 0 Å². The van der Waals surface area contributed by atoms with Crippen LogP contribution in [0.15, 0.2) is 24.5 Å². The molecule has 1 aliphatic heterocycles. The zero-order valence-electron chi connectivity index (χ0n) is 13.7. The van der Waals surface area contributed by atoms with E-state index in [2.05, 4.69) is 4.98 Å². The molecule has 4 nitrogen and oxygen atoms in total. The highest BCUT2D eigenvalue weighted by molar-refractivity contribution is 7.98. The van der Waals surface area contributed by atoms with Gasteiger partial charge in [-0.2, -0.15) is 11.8 Å². The molecular weight excluding hydrogens is 296 g/mol. The van der Waals surface area contributed by atoms with E-state index in [0.29, 0.717) is 0 Å². The fourth-order valence-corrected chi connectivity index (χ4v) is 3.69. The summed E-state index contributed by atoms with van der Waals surface area (Å²) in [4.78, 5) is 18.3. The Morgan fingerprint density at radius 3 is 2.77 bits per heavy atom. The van der Waals surface area contributed by atoms with Crippen molar-refractivity contribution in [2.24, 2.45) is 0 Å². The number of aromatic nitrogens is 1. The number of thioether (sulfide) groups is 1. The van der Waals surface area contributed by atoms with Crippen molar-refractivity contribution in [2.45, 2.75) is 57.4 Å². The molecule has 0 saturated carbocycles. The van der Waals surface area contributed by atoms with E-state index in [-0.39, 0.29) is 12.1 Å². The number of hydrogen-bond donors (Lipinski definition) is 0. The second-order valence-corrected chi connectivity index (χ2v) is 7.72. The maximum Gasteiger partial charge on any atom is 0.410 e. The molecule has 1 aromatic rings. The van der Waals surface area contributed by atoms with Gasteiger partial charge in [0.1, 0.15) is 5.60 Å². The Morgan fingerprint density at radius 2 is 2.09 bits per heavy atom. The van der Waals surface area contributed by atoms with E-state index in [1.54, 1.807) is 0 Å². The maximum atomic E-state index is 12.3. The number of nitrogens with zero attached hydrogens (tertiary/aromatic N) is 2. The Balaban J connectivity index is 1.85. The Kier molecular flexibility index (Phi) is 6.12. The van der Waals surface area contributed by atoms with Crippen LogP contribution in [-0.4, -0.2) is 39.9 Å². The predicted octanol–water partition coefficient (Wildman–Crippen LogP) is 4.10. The summed E-state index contributed by atoms with van der Waals surface area (Å²) in [5.74, 6) is 1.92. The number of pyridine rings is 1. The SMILES string of the molecule is CC(C)(C)OC(=O)N1CCCCC1CSCc1ccncc1. The Labute approximate surface area is 137 Å². The maximum absolute atomic E-state index is 12.3. The van der Waals surface area contributed by atoms with Crippen LogP contribution in [0.2, 0.25) is 0 Å². The van der Waals surface area contributed by atoms with E-state index in [1.165, 1.54) is 12.0 Å². The van der Waals surface area contributed by atoms with E-state index >= 15 is 0 Å². The topological polar surface area (TPSA) is 42.4 Å². The van der Waals surface area contributed by atoms with Crippen molar-refractivity contribution in [3.8, 4) is 0 Å². The summed E-state index contributed by atoms with van der Waals surface area (Å²) in [6.45, 7) is 6.57. The molecule has 1 atom stereocenters. The van der Waals surface area contributed by atoms with E-state index in [0.717, 1.165) is 30.9 Å². The molecule has 5 heteroatoms. The number of piperidine rings is 1. The van der Waals surface area contributed by atoms with Crippen LogP contribution in [0.3, 0.4) is 0 Å². The number of amides is 1. The smallest absolute Gasteiger partial charge is 0.410 e. The molecule has 2 heterocycles. The van der Waals surface area contributed by atoms with Crippen molar-refractivity contribution in [2.75, 3.05) is 12.3 Å². The molecule has 1 aromatic heterocycles. The minimum Gasteiger partial charge on any atom is -0.444 e. The first-order valence-corrected chi connectivity index (χ1v) is 9.07. The van der Waals surface area contributed by atoms with Gasteiger partial charge >= 0.3 is 6.09 Å². The molecule has 0 N–H and O–H groups in total. The lowest BCUT2D eigenvalue weighted by molar-refractivity contribution is 0.0126. The highest BCUT2D eigenvalue weighted by Crippen LogP contribution is 2.24. The van der Waals surface area contributed by atoms with Crippen LogP contribution < -0.4 is 0 Å². The summed E-state index contributed by atoms with van der Waals surface area (Å²) < 4.78 is 5.54. The molecule has 1 saturated heterocycles. The van der Waals surface area contributed by atoms with Crippen LogP contribution >= 0.6 is 11.8 Å². The number of rotatable bonds is 4. The number of carbonyl (C=O) groups excluding carboxylic acids is 1. The van der Waals surface area contributed by atoms with E-state index < -0.39 is 5.60 Å². The van der Waals surface area contributed by atoms with Crippen molar-refractivity contribution < 1.29 is 9.53 Å². The third-order valence-electron chi connectivity index (χ3n) is 3.58. The third-order valence-corrected chi connectivity index (χ3v) is 4.74. The first-order valence-electron chi connectivity index (χ1n) is 7.92. The minimum absolute atomic E-state index is 0.165. The lowest BCUT2D eigenvalue weighted by atomic mass is 10.0. The van der Waals surface area contributed by atoms with Crippen LogP contribution in [-0.2, 0) is 10.5 Å². The lowest BCUT2D eigenvalue weighted by Crippen LogP contribution is -2.47. The van der Waals surface area contributed by atoms with Gasteiger partial charge in [-0.1, -0.05) is 0 Å². The summed E-state index contributed by atoms with van der Waals surface area (Å²) >= 11 is 1.87. The third kappa shape index (κ3) is 5.52. The quantitative estimate of drug-likeness (QED) is 0.837. The molecule has 0 bridgehead atoms. The van der Waals surface area contributed by atoms with Gasteiger partial charge in [0.25, 0.3) is 0 Å². The Morgan fingerprint density at radius 1 is 1.36 bits per heavy atom. The van der Waals surface area contributed by atoms with Gasteiger partial charge in [-0.25, -0.2) is 4.79 Å². The van der Waals surface area contributed by atoms with Gasteiger partial charge < -0.3 is 9.64 Å². The van der Waals surface area contributed by atoms with Gasteiger partial charge in [-0.15, -0.1) is 0 Å².